The van der Waals surface area contributed by atoms with Gasteiger partial charge in [-0.15, -0.1) is 0 Å². The van der Waals surface area contributed by atoms with Gasteiger partial charge in [-0.2, -0.15) is 9.65 Å². The van der Waals surface area contributed by atoms with Crippen molar-refractivity contribution in [2.24, 2.45) is 0 Å². The van der Waals surface area contributed by atoms with E-state index in [1.807, 2.05) is 0 Å². The first-order chi connectivity index (χ1) is 7.97. The predicted molar refractivity (Wildman–Crippen MR) is 54.3 cm³/mol. The molecule has 0 saturated carbocycles. The number of hydrogen-bond acceptors (Lipinski definition) is 5. The lowest BCUT2D eigenvalue weighted by atomic mass is 10.0. The number of rotatable bonds is 4. The zero-order valence-electron chi connectivity index (χ0n) is 8.58. The lowest BCUT2D eigenvalue weighted by Crippen LogP contribution is -2.17. The van der Waals surface area contributed by atoms with Crippen LogP contribution < -0.4 is 0 Å². The highest BCUT2D eigenvalue weighted by Crippen LogP contribution is 2.24. The second-order valence-corrected chi connectivity index (χ2v) is 3.34. The van der Waals surface area contributed by atoms with Crippen LogP contribution in [0, 0.1) is 27.3 Å². The molecule has 1 rings (SSSR count). The molecule has 0 aliphatic heterocycles. The van der Waals surface area contributed by atoms with Crippen LogP contribution in [-0.2, 0) is 0 Å². The summed E-state index contributed by atoms with van der Waals surface area (Å²) in [6.45, 7) is 0. The van der Waals surface area contributed by atoms with Crippen molar-refractivity contribution in [3.05, 3.63) is 39.7 Å². The summed E-state index contributed by atoms with van der Waals surface area (Å²) in [6.07, 6.45) is -3.13. The zero-order chi connectivity index (χ0) is 13.0. The Morgan fingerprint density at radius 1 is 1.53 bits per heavy atom. The topological polar surface area (TPSA) is 107 Å². The van der Waals surface area contributed by atoms with E-state index in [0.29, 0.717) is 0 Å². The van der Waals surface area contributed by atoms with Gasteiger partial charge in [-0.3, -0.25) is 10.1 Å². The fourth-order valence-corrected chi connectivity index (χ4v) is 1.28. The van der Waals surface area contributed by atoms with Gasteiger partial charge in [0.2, 0.25) is 5.82 Å². The first-order valence-electron chi connectivity index (χ1n) is 4.64. The second-order valence-electron chi connectivity index (χ2n) is 3.34. The molecule has 2 unspecified atom stereocenters. The van der Waals surface area contributed by atoms with E-state index < -0.39 is 28.6 Å². The predicted octanol–water partition coefficient (Wildman–Crippen LogP) is 1.04. The number of nitro benzene ring substituents is 1. The highest BCUT2D eigenvalue weighted by molar-refractivity contribution is 5.36. The quantitative estimate of drug-likeness (QED) is 0.603. The number of nitro groups is 1. The van der Waals surface area contributed by atoms with E-state index in [9.17, 15) is 24.7 Å². The van der Waals surface area contributed by atoms with Crippen molar-refractivity contribution >= 4 is 5.69 Å². The van der Waals surface area contributed by atoms with Crippen LogP contribution in [0.4, 0.5) is 10.1 Å². The highest BCUT2D eigenvalue weighted by atomic mass is 19.1. The van der Waals surface area contributed by atoms with Gasteiger partial charge in [0.15, 0.2) is 0 Å². The smallest absolute Gasteiger partial charge is 0.304 e. The van der Waals surface area contributed by atoms with Crippen molar-refractivity contribution in [1.82, 2.24) is 0 Å². The van der Waals surface area contributed by atoms with Crippen LogP contribution in [0.3, 0.4) is 0 Å². The Morgan fingerprint density at radius 2 is 2.18 bits per heavy atom. The molecule has 1 aromatic rings. The molecular weight excluding hydrogens is 231 g/mol. The standard InChI is InChI=1S/C10H9FN2O4/c11-7-5-6(1-2-8(7)13(16)17)10(15)9(14)3-4-12/h1-2,5,9-10,14-15H,3H2. The number of benzene rings is 1. The van der Waals surface area contributed by atoms with Crippen LogP contribution in [0.25, 0.3) is 0 Å². The fourth-order valence-electron chi connectivity index (χ4n) is 1.28. The summed E-state index contributed by atoms with van der Waals surface area (Å²) in [5, 5.41) is 37.5. The van der Waals surface area contributed by atoms with Gasteiger partial charge in [-0.05, 0) is 17.7 Å². The summed E-state index contributed by atoms with van der Waals surface area (Å²) < 4.78 is 13.2. The Labute approximate surface area is 95.7 Å². The maximum Gasteiger partial charge on any atom is 0.304 e. The second kappa shape index (κ2) is 5.34. The molecule has 6 nitrogen and oxygen atoms in total. The van der Waals surface area contributed by atoms with E-state index in [1.54, 1.807) is 6.07 Å². The molecule has 0 fully saturated rings. The minimum absolute atomic E-state index is 0.0177. The molecule has 0 saturated heterocycles. The van der Waals surface area contributed by atoms with Gasteiger partial charge in [0.25, 0.3) is 0 Å². The van der Waals surface area contributed by atoms with Crippen LogP contribution in [0.1, 0.15) is 18.1 Å². The van der Waals surface area contributed by atoms with Crippen molar-refractivity contribution in [2.45, 2.75) is 18.6 Å². The third-order valence-corrected chi connectivity index (χ3v) is 2.17. The Kier molecular flexibility index (Phi) is 4.09. The molecule has 0 spiro atoms. The van der Waals surface area contributed by atoms with Gasteiger partial charge in [-0.1, -0.05) is 0 Å². The largest absolute Gasteiger partial charge is 0.389 e. The van der Waals surface area contributed by atoms with E-state index in [2.05, 4.69) is 0 Å². The molecule has 0 bridgehead atoms. The van der Waals surface area contributed by atoms with Crippen molar-refractivity contribution in [3.8, 4) is 6.07 Å². The third-order valence-electron chi connectivity index (χ3n) is 2.17. The monoisotopic (exact) mass is 240 g/mol. The number of hydrogen-bond donors (Lipinski definition) is 2. The SMILES string of the molecule is N#CCC(O)C(O)c1ccc([N+](=O)[O-])c(F)c1. The van der Waals surface area contributed by atoms with Gasteiger partial charge < -0.3 is 10.2 Å². The van der Waals surface area contributed by atoms with E-state index in [-0.39, 0.29) is 12.0 Å². The summed E-state index contributed by atoms with van der Waals surface area (Å²) in [5.74, 6) is -1.10. The maximum atomic E-state index is 13.2. The molecule has 7 heteroatoms. The summed E-state index contributed by atoms with van der Waals surface area (Å²) in [7, 11) is 0. The molecule has 0 aromatic heterocycles. The lowest BCUT2D eigenvalue weighted by molar-refractivity contribution is -0.387. The Bertz CT molecular complexity index is 472. The summed E-state index contributed by atoms with van der Waals surface area (Å²) in [6, 6.07) is 4.44. The Morgan fingerprint density at radius 3 is 2.65 bits per heavy atom. The first kappa shape index (κ1) is 13.0. The molecule has 90 valence electrons. The van der Waals surface area contributed by atoms with Crippen molar-refractivity contribution < 1.29 is 19.5 Å². The van der Waals surface area contributed by atoms with Crippen LogP contribution in [-0.4, -0.2) is 21.2 Å². The van der Waals surface area contributed by atoms with Gasteiger partial charge in [0.1, 0.15) is 6.10 Å². The van der Waals surface area contributed by atoms with Gasteiger partial charge >= 0.3 is 5.69 Å². The van der Waals surface area contributed by atoms with Crippen molar-refractivity contribution in [2.75, 3.05) is 0 Å². The van der Waals surface area contributed by atoms with Crippen LogP contribution in [0.2, 0.25) is 0 Å². The molecule has 0 radical (unpaired) electrons. The van der Waals surface area contributed by atoms with E-state index in [1.165, 1.54) is 0 Å². The molecular formula is C10H9FN2O4. The van der Waals surface area contributed by atoms with E-state index >= 15 is 0 Å². The number of halogens is 1. The van der Waals surface area contributed by atoms with Crippen LogP contribution in [0.15, 0.2) is 18.2 Å². The fraction of sp³-hybridized carbons (Fsp3) is 0.300. The molecule has 2 atom stereocenters. The molecule has 1 aromatic carbocycles. The maximum absolute atomic E-state index is 13.2. The number of aliphatic hydroxyl groups is 2. The number of nitriles is 1. The average Bonchev–Trinajstić information content (AvgIpc) is 2.27. The van der Waals surface area contributed by atoms with Crippen LogP contribution in [0.5, 0.6) is 0 Å². The average molecular weight is 240 g/mol. The lowest BCUT2D eigenvalue weighted by Gasteiger charge is -2.15. The molecule has 0 aliphatic rings. The van der Waals surface area contributed by atoms with Crippen molar-refractivity contribution in [1.29, 1.82) is 5.26 Å². The Balaban J connectivity index is 2.98. The third kappa shape index (κ3) is 2.96. The zero-order valence-corrected chi connectivity index (χ0v) is 8.58. The minimum Gasteiger partial charge on any atom is -0.389 e. The molecule has 2 N–H and O–H groups in total. The highest BCUT2D eigenvalue weighted by Gasteiger charge is 2.21. The normalized spacial score (nSPS) is 13.8. The summed E-state index contributed by atoms with van der Waals surface area (Å²) >= 11 is 0. The van der Waals surface area contributed by atoms with Gasteiger partial charge in [0.05, 0.1) is 23.5 Å². The van der Waals surface area contributed by atoms with Gasteiger partial charge in [-0.25, -0.2) is 0 Å². The minimum atomic E-state index is -1.45. The first-order valence-corrected chi connectivity index (χ1v) is 4.64. The Hall–Kier alpha value is -2.04. The summed E-state index contributed by atoms with van der Waals surface area (Å²) in [4.78, 5) is 9.46. The summed E-state index contributed by atoms with van der Waals surface area (Å²) in [5.41, 5.74) is -0.730. The van der Waals surface area contributed by atoms with Crippen LogP contribution >= 0.6 is 0 Å². The van der Waals surface area contributed by atoms with E-state index in [4.69, 9.17) is 5.26 Å². The molecule has 0 amide bonds. The molecule has 0 aliphatic carbocycles. The van der Waals surface area contributed by atoms with Crippen molar-refractivity contribution in [3.63, 3.8) is 0 Å². The van der Waals surface area contributed by atoms with Gasteiger partial charge in [0, 0.05) is 6.07 Å². The molecule has 17 heavy (non-hydrogen) atoms. The number of aliphatic hydroxyl groups excluding tert-OH is 2. The van der Waals surface area contributed by atoms with E-state index in [0.717, 1.165) is 18.2 Å². The number of nitrogens with zero attached hydrogens (tertiary/aromatic N) is 2. The molecule has 0 heterocycles.